The van der Waals surface area contributed by atoms with E-state index in [1.807, 2.05) is 42.5 Å². The van der Waals surface area contributed by atoms with Gasteiger partial charge in [-0.1, -0.05) is 12.1 Å². The van der Waals surface area contributed by atoms with Crippen molar-refractivity contribution in [1.29, 1.82) is 0 Å². The minimum Gasteiger partial charge on any atom is -0.431 e. The van der Waals surface area contributed by atoms with Crippen LogP contribution in [0.2, 0.25) is 0 Å². The number of para-hydroxylation sites is 2. The van der Waals surface area contributed by atoms with E-state index in [4.69, 9.17) is 10.2 Å². The fourth-order valence-corrected chi connectivity index (χ4v) is 2.93. The van der Waals surface area contributed by atoms with Gasteiger partial charge >= 0.3 is 0 Å². The molecule has 0 unspecified atom stereocenters. The van der Waals surface area contributed by atoms with Crippen molar-refractivity contribution in [2.75, 3.05) is 5.73 Å². The second kappa shape index (κ2) is 4.75. The van der Waals surface area contributed by atoms with Crippen molar-refractivity contribution in [2.24, 2.45) is 0 Å². The number of benzene rings is 2. The van der Waals surface area contributed by atoms with Crippen LogP contribution in [0.15, 0.2) is 63.5 Å². The Morgan fingerprint density at radius 2 is 1.90 bits per heavy atom. The largest absolute Gasteiger partial charge is 0.431 e. The fraction of sp³-hybridized carbons (Fsp3) is 0. The molecule has 0 fully saturated rings. The van der Waals surface area contributed by atoms with Crippen LogP contribution in [-0.4, -0.2) is 15.0 Å². The molecular weight excluding hydrogens is 284 g/mol. The zero-order valence-corrected chi connectivity index (χ0v) is 11.7. The fourth-order valence-electron chi connectivity index (χ4n) is 2.11. The molecule has 4 aromatic rings. The van der Waals surface area contributed by atoms with Gasteiger partial charge in [0.15, 0.2) is 5.58 Å². The van der Waals surface area contributed by atoms with Gasteiger partial charge < -0.3 is 10.2 Å². The maximum absolute atomic E-state index is 5.78. The van der Waals surface area contributed by atoms with Gasteiger partial charge in [0, 0.05) is 11.1 Å². The van der Waals surface area contributed by atoms with Gasteiger partial charge in [0.25, 0.3) is 5.22 Å². The predicted molar refractivity (Wildman–Crippen MR) is 82.1 cm³/mol. The van der Waals surface area contributed by atoms with Crippen LogP contribution in [-0.2, 0) is 0 Å². The molecule has 0 amide bonds. The van der Waals surface area contributed by atoms with E-state index in [2.05, 4.69) is 15.0 Å². The Hall–Kier alpha value is -2.60. The van der Waals surface area contributed by atoms with Crippen molar-refractivity contribution in [3.8, 4) is 0 Å². The highest BCUT2D eigenvalue weighted by molar-refractivity contribution is 7.99. The second-order valence-electron chi connectivity index (χ2n) is 4.50. The summed E-state index contributed by atoms with van der Waals surface area (Å²) in [5.74, 6) is 0. The van der Waals surface area contributed by atoms with E-state index in [0.717, 1.165) is 27.0 Å². The van der Waals surface area contributed by atoms with E-state index in [9.17, 15) is 0 Å². The van der Waals surface area contributed by atoms with Crippen LogP contribution in [0.3, 0.4) is 0 Å². The third-order valence-electron chi connectivity index (χ3n) is 3.08. The molecule has 4 rings (SSSR count). The third kappa shape index (κ3) is 2.19. The van der Waals surface area contributed by atoms with E-state index in [1.165, 1.54) is 18.1 Å². The molecule has 0 spiro atoms. The number of nitrogens with two attached hydrogens (primary N) is 1. The van der Waals surface area contributed by atoms with Crippen molar-refractivity contribution >= 4 is 39.5 Å². The summed E-state index contributed by atoms with van der Waals surface area (Å²) in [4.78, 5) is 13.0. The second-order valence-corrected chi connectivity index (χ2v) is 5.45. The lowest BCUT2D eigenvalue weighted by molar-refractivity contribution is 0.489. The Bertz CT molecular complexity index is 918. The van der Waals surface area contributed by atoms with Crippen molar-refractivity contribution < 1.29 is 4.42 Å². The molecule has 0 saturated heterocycles. The Morgan fingerprint density at radius 1 is 1.00 bits per heavy atom. The molecule has 0 bridgehead atoms. The number of fused-ring (bicyclic) bond motifs is 2. The van der Waals surface area contributed by atoms with Crippen LogP contribution in [0, 0.1) is 0 Å². The highest BCUT2D eigenvalue weighted by Crippen LogP contribution is 2.32. The topological polar surface area (TPSA) is 77.8 Å². The average molecular weight is 294 g/mol. The lowest BCUT2D eigenvalue weighted by atomic mass is 10.2. The first kappa shape index (κ1) is 12.2. The van der Waals surface area contributed by atoms with Crippen LogP contribution in [0.4, 0.5) is 5.69 Å². The minimum absolute atomic E-state index is 0.563. The molecule has 2 N–H and O–H groups in total. The minimum atomic E-state index is 0.563. The third-order valence-corrected chi connectivity index (χ3v) is 3.95. The van der Waals surface area contributed by atoms with Gasteiger partial charge in [-0.05, 0) is 42.1 Å². The molecule has 2 aromatic carbocycles. The molecule has 102 valence electrons. The number of hydrogen-bond acceptors (Lipinski definition) is 6. The number of rotatable bonds is 2. The summed E-state index contributed by atoms with van der Waals surface area (Å²) >= 11 is 1.38. The first-order valence-corrected chi connectivity index (χ1v) is 7.15. The normalized spacial score (nSPS) is 11.2. The Balaban J connectivity index is 1.80. The maximum Gasteiger partial charge on any atom is 0.263 e. The average Bonchev–Trinajstić information content (AvgIpc) is 2.89. The van der Waals surface area contributed by atoms with Gasteiger partial charge in [-0.3, -0.25) is 0 Å². The molecule has 0 radical (unpaired) electrons. The molecule has 2 aromatic heterocycles. The summed E-state index contributed by atoms with van der Waals surface area (Å²) in [5, 5.41) is 2.29. The standard InChI is InChI=1S/C15H10N4OS/c16-9-5-6-10-12(7-9)17-8-18-14(10)21-15-19-11-3-1-2-4-13(11)20-15/h1-8H,16H2. The highest BCUT2D eigenvalue weighted by Gasteiger charge is 2.11. The number of oxazole rings is 1. The number of hydrogen-bond donors (Lipinski definition) is 1. The van der Waals surface area contributed by atoms with E-state index in [-0.39, 0.29) is 0 Å². The molecule has 2 heterocycles. The van der Waals surface area contributed by atoms with Crippen LogP contribution in [0.1, 0.15) is 0 Å². The van der Waals surface area contributed by atoms with Crippen LogP contribution in [0.25, 0.3) is 22.0 Å². The van der Waals surface area contributed by atoms with E-state index in [0.29, 0.717) is 10.9 Å². The van der Waals surface area contributed by atoms with Crippen LogP contribution in [0.5, 0.6) is 0 Å². The molecule has 0 saturated carbocycles. The summed E-state index contributed by atoms with van der Waals surface area (Å²) in [6.45, 7) is 0. The van der Waals surface area contributed by atoms with Crippen molar-refractivity contribution in [1.82, 2.24) is 15.0 Å². The Kier molecular flexibility index (Phi) is 2.75. The molecule has 0 aliphatic rings. The van der Waals surface area contributed by atoms with Crippen molar-refractivity contribution in [3.63, 3.8) is 0 Å². The number of anilines is 1. The maximum atomic E-state index is 5.78. The van der Waals surface area contributed by atoms with E-state index < -0.39 is 0 Å². The van der Waals surface area contributed by atoms with Gasteiger partial charge in [-0.2, -0.15) is 0 Å². The molecule has 6 heteroatoms. The van der Waals surface area contributed by atoms with Crippen molar-refractivity contribution in [3.05, 3.63) is 48.8 Å². The van der Waals surface area contributed by atoms with Gasteiger partial charge in [0.05, 0.1) is 5.52 Å². The first-order chi connectivity index (χ1) is 10.3. The van der Waals surface area contributed by atoms with Gasteiger partial charge in [0.2, 0.25) is 0 Å². The monoisotopic (exact) mass is 294 g/mol. The zero-order valence-electron chi connectivity index (χ0n) is 10.9. The summed E-state index contributed by atoms with van der Waals surface area (Å²) in [5.41, 5.74) is 8.87. The molecule has 0 atom stereocenters. The Morgan fingerprint density at radius 3 is 2.81 bits per heavy atom. The molecule has 0 aliphatic heterocycles. The zero-order chi connectivity index (χ0) is 14.2. The first-order valence-electron chi connectivity index (χ1n) is 6.33. The van der Waals surface area contributed by atoms with Crippen LogP contribution >= 0.6 is 11.8 Å². The summed E-state index contributed by atoms with van der Waals surface area (Å²) in [6, 6.07) is 13.2. The Labute approximate surface area is 124 Å². The summed E-state index contributed by atoms with van der Waals surface area (Å²) < 4.78 is 5.71. The van der Waals surface area contributed by atoms with Crippen LogP contribution < -0.4 is 5.73 Å². The van der Waals surface area contributed by atoms with E-state index in [1.54, 1.807) is 0 Å². The van der Waals surface area contributed by atoms with Gasteiger partial charge in [-0.25, -0.2) is 15.0 Å². The molecule has 21 heavy (non-hydrogen) atoms. The molecule has 0 aliphatic carbocycles. The predicted octanol–water partition coefficient (Wildman–Crippen LogP) is 3.50. The molecule has 5 nitrogen and oxygen atoms in total. The van der Waals surface area contributed by atoms with Gasteiger partial charge in [-0.15, -0.1) is 0 Å². The number of aromatic nitrogens is 3. The SMILES string of the molecule is Nc1ccc2c(Sc3nc4ccccc4o3)ncnc2c1. The summed E-state index contributed by atoms with van der Waals surface area (Å²) in [7, 11) is 0. The number of nitrogen functional groups attached to an aromatic ring is 1. The lowest BCUT2D eigenvalue weighted by Gasteiger charge is -2.02. The lowest BCUT2D eigenvalue weighted by Crippen LogP contribution is -1.89. The highest BCUT2D eigenvalue weighted by atomic mass is 32.2. The van der Waals surface area contributed by atoms with E-state index >= 15 is 0 Å². The smallest absolute Gasteiger partial charge is 0.263 e. The quantitative estimate of drug-likeness (QED) is 0.450. The van der Waals surface area contributed by atoms with Gasteiger partial charge in [0.1, 0.15) is 16.9 Å². The number of nitrogens with zero attached hydrogens (tertiary/aromatic N) is 3. The summed E-state index contributed by atoms with van der Waals surface area (Å²) in [6.07, 6.45) is 1.52. The molecular formula is C15H10N4OS. The van der Waals surface area contributed by atoms with Crippen molar-refractivity contribution in [2.45, 2.75) is 10.2 Å².